The maximum atomic E-state index is 10.4. The van der Waals surface area contributed by atoms with E-state index in [1.165, 1.54) is 21.7 Å². The van der Waals surface area contributed by atoms with Crippen molar-refractivity contribution in [3.05, 3.63) is 59.7 Å². The van der Waals surface area contributed by atoms with E-state index in [4.69, 9.17) is 4.74 Å². The van der Waals surface area contributed by atoms with Crippen LogP contribution < -0.4 is 14.5 Å². The summed E-state index contributed by atoms with van der Waals surface area (Å²) in [5, 5.41) is 10.4. The number of benzene rings is 2. The number of rotatable bonds is 7. The average molecular weight is 370 g/mol. The molecule has 2 aromatic carbocycles. The molecule has 2 aromatic rings. The number of ether oxygens (including phenoxy) is 1. The van der Waals surface area contributed by atoms with Gasteiger partial charge < -0.3 is 19.6 Å². The number of aliphatic hydroxyl groups is 1. The average Bonchev–Trinajstić information content (AvgIpc) is 2.67. The molecule has 0 bridgehead atoms. The van der Waals surface area contributed by atoms with E-state index in [9.17, 15) is 5.11 Å². The third-order valence-corrected chi connectivity index (χ3v) is 5.42. The summed E-state index contributed by atoms with van der Waals surface area (Å²) in [5.41, 5.74) is 3.89. The first-order valence-electron chi connectivity index (χ1n) is 10.1. The van der Waals surface area contributed by atoms with Crippen molar-refractivity contribution in [3.8, 4) is 5.75 Å². The molecule has 0 amide bonds. The monoisotopic (exact) mass is 369 g/mol. The summed E-state index contributed by atoms with van der Waals surface area (Å²) < 4.78 is 5.84. The van der Waals surface area contributed by atoms with Gasteiger partial charge in [0.15, 0.2) is 0 Å². The van der Waals surface area contributed by atoms with Crippen molar-refractivity contribution in [2.45, 2.75) is 32.8 Å². The van der Waals surface area contributed by atoms with Gasteiger partial charge in [0, 0.05) is 5.69 Å². The summed E-state index contributed by atoms with van der Waals surface area (Å²) >= 11 is 0. The number of aliphatic hydroxyl groups excluding tert-OH is 1. The molecule has 1 aliphatic rings. The molecule has 3 rings (SSSR count). The number of hydrogen-bond donors (Lipinski definition) is 2. The van der Waals surface area contributed by atoms with Crippen LogP contribution in [0.15, 0.2) is 48.5 Å². The van der Waals surface area contributed by atoms with Crippen molar-refractivity contribution in [1.82, 2.24) is 0 Å². The Morgan fingerprint density at radius 3 is 2.41 bits per heavy atom. The Morgan fingerprint density at radius 2 is 1.78 bits per heavy atom. The van der Waals surface area contributed by atoms with Crippen LogP contribution in [0.1, 0.15) is 30.9 Å². The van der Waals surface area contributed by atoms with Gasteiger partial charge in [-0.15, -0.1) is 0 Å². The first-order chi connectivity index (χ1) is 13.0. The van der Waals surface area contributed by atoms with Crippen LogP contribution >= 0.6 is 0 Å². The molecule has 0 saturated carbocycles. The molecule has 1 fully saturated rings. The second-order valence-electron chi connectivity index (χ2n) is 7.91. The van der Waals surface area contributed by atoms with Gasteiger partial charge in [0.05, 0.1) is 26.2 Å². The second kappa shape index (κ2) is 9.25. The number of nitrogens with zero attached hydrogens (tertiary/aromatic N) is 1. The Hall–Kier alpha value is -2.04. The van der Waals surface area contributed by atoms with Crippen molar-refractivity contribution >= 4 is 5.69 Å². The van der Waals surface area contributed by atoms with Crippen LogP contribution in [0.3, 0.4) is 0 Å². The normalized spacial score (nSPS) is 16.6. The Bertz CT molecular complexity index is 710. The molecule has 0 aliphatic carbocycles. The first-order valence-corrected chi connectivity index (χ1v) is 10.1. The molecule has 0 aromatic heterocycles. The van der Waals surface area contributed by atoms with Gasteiger partial charge in [-0.2, -0.15) is 0 Å². The van der Waals surface area contributed by atoms with Crippen molar-refractivity contribution in [1.29, 1.82) is 0 Å². The number of para-hydroxylation sites is 1. The molecule has 1 saturated heterocycles. The minimum absolute atomic E-state index is 0.354. The van der Waals surface area contributed by atoms with E-state index in [0.717, 1.165) is 38.5 Å². The predicted molar refractivity (Wildman–Crippen MR) is 111 cm³/mol. The molecule has 146 valence electrons. The zero-order valence-electron chi connectivity index (χ0n) is 16.8. The van der Waals surface area contributed by atoms with Gasteiger partial charge in [-0.25, -0.2) is 0 Å². The lowest BCUT2D eigenvalue weighted by atomic mass is 9.98. The highest BCUT2D eigenvalue weighted by molar-refractivity contribution is 5.46. The fourth-order valence-corrected chi connectivity index (χ4v) is 3.89. The molecule has 2 N–H and O–H groups in total. The number of nitrogens with one attached hydrogen (secondary N) is 1. The molecule has 1 atom stereocenters. The summed E-state index contributed by atoms with van der Waals surface area (Å²) in [4.78, 5) is 3.87. The summed E-state index contributed by atoms with van der Waals surface area (Å²) in [6.07, 6.45) is -0.437. The Balaban J connectivity index is 1.42. The molecule has 1 heterocycles. The van der Waals surface area contributed by atoms with Crippen molar-refractivity contribution in [2.24, 2.45) is 0 Å². The zero-order valence-corrected chi connectivity index (χ0v) is 16.8. The highest BCUT2D eigenvalue weighted by atomic mass is 16.5. The smallest absolute Gasteiger partial charge is 0.137 e. The first kappa shape index (κ1) is 19.7. The standard InChI is InChI=1S/C23H32N2O2/c1-18(2)23-10-9-22(15-19(23)3)27-17-21(26)16-24-11-13-25(14-12-24)20-7-5-4-6-8-20/h4-10,15,18,21,26H,11-14,16-17H2,1-3H3/p+1/t21-/m1/s1. The van der Waals surface area contributed by atoms with Crippen LogP contribution in [0.4, 0.5) is 5.69 Å². The van der Waals surface area contributed by atoms with Crippen molar-refractivity contribution in [2.75, 3.05) is 44.2 Å². The van der Waals surface area contributed by atoms with E-state index in [2.05, 4.69) is 68.1 Å². The molecule has 4 heteroatoms. The van der Waals surface area contributed by atoms with E-state index >= 15 is 0 Å². The van der Waals surface area contributed by atoms with Crippen LogP contribution in [-0.2, 0) is 0 Å². The lowest BCUT2D eigenvalue weighted by Gasteiger charge is -2.34. The minimum Gasteiger partial charge on any atom is -0.491 e. The summed E-state index contributed by atoms with van der Waals surface area (Å²) in [6, 6.07) is 16.8. The number of piperazine rings is 1. The predicted octanol–water partition coefficient (Wildman–Crippen LogP) is 2.26. The zero-order chi connectivity index (χ0) is 19.2. The van der Waals surface area contributed by atoms with Gasteiger partial charge in [-0.3, -0.25) is 0 Å². The third-order valence-electron chi connectivity index (χ3n) is 5.42. The topological polar surface area (TPSA) is 37.1 Å². The Morgan fingerprint density at radius 1 is 1.07 bits per heavy atom. The van der Waals surface area contributed by atoms with Gasteiger partial charge >= 0.3 is 0 Å². The molecule has 1 aliphatic heterocycles. The van der Waals surface area contributed by atoms with Crippen LogP contribution in [0.25, 0.3) is 0 Å². The molecular formula is C23H33N2O2+. The van der Waals surface area contributed by atoms with E-state index in [0.29, 0.717) is 12.5 Å². The number of anilines is 1. The van der Waals surface area contributed by atoms with Crippen LogP contribution in [0.2, 0.25) is 0 Å². The van der Waals surface area contributed by atoms with Crippen molar-refractivity contribution in [3.63, 3.8) is 0 Å². The summed E-state index contributed by atoms with van der Waals surface area (Å²) in [7, 11) is 0. The fraction of sp³-hybridized carbons (Fsp3) is 0.478. The molecule has 4 nitrogen and oxygen atoms in total. The maximum Gasteiger partial charge on any atom is 0.137 e. The minimum atomic E-state index is -0.437. The van der Waals surface area contributed by atoms with Gasteiger partial charge in [0.1, 0.15) is 25.0 Å². The molecule has 27 heavy (non-hydrogen) atoms. The number of hydrogen-bond acceptors (Lipinski definition) is 3. The highest BCUT2D eigenvalue weighted by Crippen LogP contribution is 2.23. The lowest BCUT2D eigenvalue weighted by molar-refractivity contribution is -0.903. The fourth-order valence-electron chi connectivity index (χ4n) is 3.89. The van der Waals surface area contributed by atoms with Gasteiger partial charge in [-0.05, 0) is 48.2 Å². The Kier molecular flexibility index (Phi) is 6.75. The van der Waals surface area contributed by atoms with E-state index < -0.39 is 6.10 Å². The quantitative estimate of drug-likeness (QED) is 0.786. The number of quaternary nitrogens is 1. The third kappa shape index (κ3) is 5.47. The van der Waals surface area contributed by atoms with E-state index in [1.54, 1.807) is 0 Å². The van der Waals surface area contributed by atoms with Crippen LogP contribution in [0, 0.1) is 6.92 Å². The van der Waals surface area contributed by atoms with Gasteiger partial charge in [0.2, 0.25) is 0 Å². The Labute approximate surface area is 163 Å². The molecule has 0 radical (unpaired) electrons. The van der Waals surface area contributed by atoms with Crippen molar-refractivity contribution < 1.29 is 14.7 Å². The summed E-state index contributed by atoms with van der Waals surface area (Å²) in [5.74, 6) is 1.36. The number of aryl methyl sites for hydroxylation is 1. The van der Waals surface area contributed by atoms with Gasteiger partial charge in [0.25, 0.3) is 0 Å². The molecule has 0 spiro atoms. The van der Waals surface area contributed by atoms with Gasteiger partial charge in [-0.1, -0.05) is 38.1 Å². The summed E-state index contributed by atoms with van der Waals surface area (Å²) in [6.45, 7) is 11.8. The van der Waals surface area contributed by atoms with E-state index in [1.807, 2.05) is 6.07 Å². The highest BCUT2D eigenvalue weighted by Gasteiger charge is 2.22. The largest absolute Gasteiger partial charge is 0.491 e. The second-order valence-corrected chi connectivity index (χ2v) is 7.91. The van der Waals surface area contributed by atoms with Crippen LogP contribution in [0.5, 0.6) is 5.75 Å². The lowest BCUT2D eigenvalue weighted by Crippen LogP contribution is -3.16. The molecular weight excluding hydrogens is 336 g/mol. The maximum absolute atomic E-state index is 10.4. The SMILES string of the molecule is Cc1cc(OC[C@H](O)C[NH+]2CCN(c3ccccc3)CC2)ccc1C(C)C. The van der Waals surface area contributed by atoms with Crippen LogP contribution in [-0.4, -0.2) is 50.5 Å². The van der Waals surface area contributed by atoms with E-state index in [-0.39, 0.29) is 0 Å². The molecule has 0 unspecified atom stereocenters.